The maximum Gasteiger partial charge on any atom is 0.332 e. The maximum absolute atomic E-state index is 12.8. The highest BCUT2D eigenvalue weighted by Gasteiger charge is 2.20. The second-order valence-corrected chi connectivity index (χ2v) is 8.60. The van der Waals surface area contributed by atoms with Crippen LogP contribution in [0, 0.1) is 0 Å². The molecule has 6 heteroatoms. The fourth-order valence-corrected chi connectivity index (χ4v) is 4.26. The SMILES string of the molecule is CCc1ccc(C(=O)c2cccn2C/C=C/C2=CCC(CO[C@@H](C)C(=O)O)S2)cc1. The lowest BCUT2D eigenvalue weighted by atomic mass is 10.0. The van der Waals surface area contributed by atoms with Crippen molar-refractivity contribution in [3.8, 4) is 0 Å². The van der Waals surface area contributed by atoms with Gasteiger partial charge in [-0.2, -0.15) is 0 Å². The molecule has 0 fully saturated rings. The molecule has 0 saturated carbocycles. The van der Waals surface area contributed by atoms with E-state index in [0.29, 0.717) is 24.4 Å². The van der Waals surface area contributed by atoms with Gasteiger partial charge in [-0.3, -0.25) is 4.79 Å². The molecule has 0 radical (unpaired) electrons. The van der Waals surface area contributed by atoms with E-state index in [0.717, 1.165) is 17.7 Å². The molecule has 5 nitrogen and oxygen atoms in total. The summed E-state index contributed by atoms with van der Waals surface area (Å²) < 4.78 is 7.32. The van der Waals surface area contributed by atoms with Gasteiger partial charge in [0.2, 0.25) is 5.78 Å². The molecule has 0 spiro atoms. The largest absolute Gasteiger partial charge is 0.479 e. The molecule has 0 aliphatic carbocycles. The second kappa shape index (κ2) is 10.5. The molecule has 1 aromatic heterocycles. The van der Waals surface area contributed by atoms with Gasteiger partial charge in [0.1, 0.15) is 0 Å². The van der Waals surface area contributed by atoms with Crippen molar-refractivity contribution in [3.63, 3.8) is 0 Å². The van der Waals surface area contributed by atoms with Crippen LogP contribution in [0.2, 0.25) is 0 Å². The molecule has 0 saturated heterocycles. The molecule has 1 N–H and O–H groups in total. The van der Waals surface area contributed by atoms with Crippen molar-refractivity contribution in [3.05, 3.63) is 82.5 Å². The van der Waals surface area contributed by atoms with Gasteiger partial charge in [0.15, 0.2) is 6.10 Å². The Hall–Kier alpha value is -2.57. The van der Waals surface area contributed by atoms with Crippen molar-refractivity contribution in [2.75, 3.05) is 6.61 Å². The minimum Gasteiger partial charge on any atom is -0.479 e. The van der Waals surface area contributed by atoms with Crippen LogP contribution in [0.3, 0.4) is 0 Å². The van der Waals surface area contributed by atoms with E-state index in [4.69, 9.17) is 9.84 Å². The number of aromatic nitrogens is 1. The third-order valence-corrected chi connectivity index (χ3v) is 6.27. The average molecular weight is 426 g/mol. The predicted molar refractivity (Wildman–Crippen MR) is 120 cm³/mol. The molecule has 2 aromatic rings. The molecule has 30 heavy (non-hydrogen) atoms. The van der Waals surface area contributed by atoms with Crippen LogP contribution in [-0.4, -0.2) is 39.4 Å². The fourth-order valence-electron chi connectivity index (χ4n) is 3.17. The minimum absolute atomic E-state index is 0.0234. The highest BCUT2D eigenvalue weighted by Crippen LogP contribution is 2.33. The summed E-state index contributed by atoms with van der Waals surface area (Å²) in [4.78, 5) is 24.8. The van der Waals surface area contributed by atoms with E-state index in [9.17, 15) is 9.59 Å². The predicted octanol–water partition coefficient (Wildman–Crippen LogP) is 4.72. The molecule has 3 rings (SSSR count). The summed E-state index contributed by atoms with van der Waals surface area (Å²) >= 11 is 1.69. The van der Waals surface area contributed by atoms with E-state index >= 15 is 0 Å². The molecule has 0 bridgehead atoms. The van der Waals surface area contributed by atoms with Crippen molar-refractivity contribution in [2.24, 2.45) is 0 Å². The Labute approximate surface area is 181 Å². The van der Waals surface area contributed by atoms with Gasteiger partial charge in [-0.1, -0.05) is 49.4 Å². The Morgan fingerprint density at radius 1 is 1.30 bits per heavy atom. The molecule has 1 aliphatic heterocycles. The number of ketones is 1. The number of thioether (sulfide) groups is 1. The van der Waals surface area contributed by atoms with Crippen molar-refractivity contribution in [1.29, 1.82) is 0 Å². The minimum atomic E-state index is -0.940. The van der Waals surface area contributed by atoms with Crippen LogP contribution in [-0.2, 0) is 22.5 Å². The van der Waals surface area contributed by atoms with E-state index in [1.54, 1.807) is 18.7 Å². The number of hydrogen-bond donors (Lipinski definition) is 1. The molecule has 1 aliphatic rings. The number of carboxylic acids is 1. The van der Waals surface area contributed by atoms with Gasteiger partial charge < -0.3 is 14.4 Å². The van der Waals surface area contributed by atoms with Crippen LogP contribution in [0.5, 0.6) is 0 Å². The van der Waals surface area contributed by atoms with Crippen LogP contribution in [0.1, 0.15) is 41.9 Å². The van der Waals surface area contributed by atoms with Crippen molar-refractivity contribution in [2.45, 2.75) is 44.6 Å². The number of carbonyl (C=O) groups excluding carboxylic acids is 1. The van der Waals surface area contributed by atoms with Gasteiger partial charge in [-0.25, -0.2) is 4.79 Å². The Morgan fingerprint density at radius 2 is 2.07 bits per heavy atom. The Kier molecular flexibility index (Phi) is 7.71. The number of aliphatic carboxylic acids is 1. The number of benzene rings is 1. The Morgan fingerprint density at radius 3 is 2.77 bits per heavy atom. The Bertz CT molecular complexity index is 942. The molecular formula is C24H27NO4S. The van der Waals surface area contributed by atoms with E-state index in [1.165, 1.54) is 5.56 Å². The summed E-state index contributed by atoms with van der Waals surface area (Å²) in [6, 6.07) is 11.5. The zero-order valence-electron chi connectivity index (χ0n) is 17.3. The van der Waals surface area contributed by atoms with E-state index in [-0.39, 0.29) is 11.0 Å². The number of hydrogen-bond acceptors (Lipinski definition) is 4. The molecular weight excluding hydrogens is 398 g/mol. The van der Waals surface area contributed by atoms with Crippen LogP contribution >= 0.6 is 11.8 Å². The zero-order chi connectivity index (χ0) is 21.5. The fraction of sp³-hybridized carbons (Fsp3) is 0.333. The highest BCUT2D eigenvalue weighted by molar-refractivity contribution is 8.04. The molecule has 1 unspecified atom stereocenters. The first-order valence-corrected chi connectivity index (χ1v) is 11.0. The van der Waals surface area contributed by atoms with E-state index in [1.807, 2.05) is 53.2 Å². The summed E-state index contributed by atoms with van der Waals surface area (Å²) in [7, 11) is 0. The summed E-state index contributed by atoms with van der Waals surface area (Å²) in [6.07, 6.45) is 9.17. The lowest BCUT2D eigenvalue weighted by Gasteiger charge is -2.12. The van der Waals surface area contributed by atoms with Crippen molar-refractivity contribution >= 4 is 23.5 Å². The first kappa shape index (κ1) is 22.1. The van der Waals surface area contributed by atoms with Crippen molar-refractivity contribution in [1.82, 2.24) is 4.57 Å². The molecule has 0 amide bonds. The van der Waals surface area contributed by atoms with E-state index in [2.05, 4.69) is 19.1 Å². The van der Waals surface area contributed by atoms with Gasteiger partial charge in [0.25, 0.3) is 0 Å². The standard InChI is InChI=1S/C24H27NO4S/c1-3-18-8-10-19(11-9-18)23(26)22-7-5-15-25(22)14-4-6-20-12-13-21(30-20)16-29-17(2)24(27)28/h4-12,15,17,21H,3,13-14,16H2,1-2H3,(H,27,28)/b6-4+/t17-,21?/m0/s1. The van der Waals surface area contributed by atoms with Gasteiger partial charge >= 0.3 is 5.97 Å². The van der Waals surface area contributed by atoms with Crippen molar-refractivity contribution < 1.29 is 19.4 Å². The maximum atomic E-state index is 12.8. The lowest BCUT2D eigenvalue weighted by molar-refractivity contribution is -0.149. The molecule has 2 heterocycles. The monoisotopic (exact) mass is 425 g/mol. The van der Waals surface area contributed by atoms with Crippen LogP contribution in [0.15, 0.2) is 65.7 Å². The third-order valence-electron chi connectivity index (χ3n) is 5.04. The summed E-state index contributed by atoms with van der Waals surface area (Å²) in [5.41, 5.74) is 2.59. The van der Waals surface area contributed by atoms with Gasteiger partial charge in [-0.05, 0) is 37.5 Å². The van der Waals surface area contributed by atoms with Crippen LogP contribution in [0.4, 0.5) is 0 Å². The number of ether oxygens (including phenoxy) is 1. The molecule has 158 valence electrons. The molecule has 2 atom stereocenters. The summed E-state index contributed by atoms with van der Waals surface area (Å²) in [5, 5.41) is 9.13. The number of nitrogens with zero attached hydrogens (tertiary/aromatic N) is 1. The van der Waals surface area contributed by atoms with Gasteiger partial charge in [0, 0.05) is 28.5 Å². The van der Waals surface area contributed by atoms with Crippen LogP contribution in [0.25, 0.3) is 0 Å². The number of allylic oxidation sites excluding steroid dienone is 3. The topological polar surface area (TPSA) is 68.5 Å². The summed E-state index contributed by atoms with van der Waals surface area (Å²) in [6.45, 7) is 4.66. The number of aryl methyl sites for hydroxylation is 1. The van der Waals surface area contributed by atoms with Crippen LogP contribution < -0.4 is 0 Å². The first-order valence-electron chi connectivity index (χ1n) is 10.1. The number of carboxylic acid groups (broad SMARTS) is 1. The molecule has 1 aromatic carbocycles. The number of rotatable bonds is 10. The quantitative estimate of drug-likeness (QED) is 0.558. The third kappa shape index (κ3) is 5.74. The normalized spacial score (nSPS) is 17.3. The van der Waals surface area contributed by atoms with E-state index < -0.39 is 12.1 Å². The van der Waals surface area contributed by atoms with Gasteiger partial charge in [-0.15, -0.1) is 11.8 Å². The van der Waals surface area contributed by atoms with Gasteiger partial charge in [0.05, 0.1) is 12.3 Å². The lowest BCUT2D eigenvalue weighted by Crippen LogP contribution is -2.23. The highest BCUT2D eigenvalue weighted by atomic mass is 32.2. The zero-order valence-corrected chi connectivity index (χ0v) is 18.1. The number of carbonyl (C=O) groups is 2. The Balaban J connectivity index is 1.53. The average Bonchev–Trinajstić information content (AvgIpc) is 3.41. The first-order chi connectivity index (χ1) is 14.5. The summed E-state index contributed by atoms with van der Waals surface area (Å²) in [5.74, 6) is -0.917. The second-order valence-electron chi connectivity index (χ2n) is 7.22. The smallest absolute Gasteiger partial charge is 0.332 e.